The summed E-state index contributed by atoms with van der Waals surface area (Å²) >= 11 is 0. The summed E-state index contributed by atoms with van der Waals surface area (Å²) in [6.07, 6.45) is 3.12. The number of fused-ring (bicyclic) bond motifs is 1. The van der Waals surface area contributed by atoms with E-state index in [0.29, 0.717) is 5.92 Å². The van der Waals surface area contributed by atoms with E-state index in [0.717, 1.165) is 13.0 Å². The largest absolute Gasteiger partial charge is 0.341 e. The molecule has 0 aliphatic heterocycles. The third-order valence-corrected chi connectivity index (χ3v) is 3.29. The van der Waals surface area contributed by atoms with Crippen molar-refractivity contribution >= 4 is 10.9 Å². The van der Waals surface area contributed by atoms with Crippen molar-refractivity contribution in [1.29, 1.82) is 0 Å². The molecule has 0 saturated heterocycles. The van der Waals surface area contributed by atoms with Crippen LogP contribution in [0.25, 0.3) is 10.9 Å². The monoisotopic (exact) mass is 227 g/mol. The van der Waals surface area contributed by atoms with Crippen molar-refractivity contribution < 1.29 is 0 Å². The van der Waals surface area contributed by atoms with Crippen LogP contribution in [0.3, 0.4) is 0 Å². The van der Waals surface area contributed by atoms with Crippen LogP contribution in [0.1, 0.15) is 25.1 Å². The van der Waals surface area contributed by atoms with E-state index >= 15 is 0 Å². The molecule has 0 saturated carbocycles. The SMILES string of the molecule is C=CCn1c(C)c(CC(C)C)c2ccccc21. The molecule has 90 valence electrons. The third-order valence-electron chi connectivity index (χ3n) is 3.29. The summed E-state index contributed by atoms with van der Waals surface area (Å²) in [7, 11) is 0. The molecule has 0 aliphatic carbocycles. The highest BCUT2D eigenvalue weighted by Crippen LogP contribution is 2.27. The predicted molar refractivity (Wildman–Crippen MR) is 75.4 cm³/mol. The van der Waals surface area contributed by atoms with Crippen LogP contribution in [0.15, 0.2) is 36.9 Å². The van der Waals surface area contributed by atoms with E-state index in [2.05, 4.69) is 56.2 Å². The van der Waals surface area contributed by atoms with Gasteiger partial charge in [0.25, 0.3) is 0 Å². The van der Waals surface area contributed by atoms with Crippen molar-refractivity contribution in [1.82, 2.24) is 4.57 Å². The van der Waals surface area contributed by atoms with Crippen LogP contribution in [0, 0.1) is 12.8 Å². The minimum Gasteiger partial charge on any atom is -0.341 e. The number of nitrogens with zero attached hydrogens (tertiary/aromatic N) is 1. The highest BCUT2D eigenvalue weighted by Gasteiger charge is 2.13. The lowest BCUT2D eigenvalue weighted by Crippen LogP contribution is -2.00. The Morgan fingerprint density at radius 1 is 1.29 bits per heavy atom. The van der Waals surface area contributed by atoms with Gasteiger partial charge in [-0.25, -0.2) is 0 Å². The van der Waals surface area contributed by atoms with Crippen LogP contribution in [-0.2, 0) is 13.0 Å². The fourth-order valence-electron chi connectivity index (χ4n) is 2.53. The normalized spacial score (nSPS) is 11.3. The fourth-order valence-corrected chi connectivity index (χ4v) is 2.53. The second-order valence-corrected chi connectivity index (χ2v) is 5.08. The summed E-state index contributed by atoms with van der Waals surface area (Å²) in [5.74, 6) is 0.691. The Hall–Kier alpha value is -1.50. The molecule has 1 nitrogen and oxygen atoms in total. The minimum absolute atomic E-state index is 0.691. The minimum atomic E-state index is 0.691. The van der Waals surface area contributed by atoms with Gasteiger partial charge in [-0.05, 0) is 30.9 Å². The quantitative estimate of drug-likeness (QED) is 0.685. The first-order chi connectivity index (χ1) is 8.15. The molecule has 0 spiro atoms. The number of aromatic nitrogens is 1. The smallest absolute Gasteiger partial charge is 0.0488 e. The van der Waals surface area contributed by atoms with Gasteiger partial charge in [0, 0.05) is 23.1 Å². The standard InChI is InChI=1S/C16H21N/c1-5-10-17-13(4)15(11-12(2)3)14-8-6-7-9-16(14)17/h5-9,12H,1,10-11H2,2-4H3. The molecular weight excluding hydrogens is 206 g/mol. The molecule has 2 rings (SSSR count). The summed E-state index contributed by atoms with van der Waals surface area (Å²) in [4.78, 5) is 0. The highest BCUT2D eigenvalue weighted by molar-refractivity contribution is 5.85. The van der Waals surface area contributed by atoms with Gasteiger partial charge in [-0.15, -0.1) is 6.58 Å². The number of allylic oxidation sites excluding steroid dienone is 1. The number of hydrogen-bond donors (Lipinski definition) is 0. The van der Waals surface area contributed by atoms with Crippen molar-refractivity contribution in [3.8, 4) is 0 Å². The first-order valence-corrected chi connectivity index (χ1v) is 6.32. The molecule has 0 unspecified atom stereocenters. The molecule has 0 N–H and O–H groups in total. The van der Waals surface area contributed by atoms with Gasteiger partial charge in [0.05, 0.1) is 0 Å². The van der Waals surface area contributed by atoms with Crippen molar-refractivity contribution in [3.63, 3.8) is 0 Å². The Balaban J connectivity index is 2.65. The molecule has 1 aromatic heterocycles. The average molecular weight is 227 g/mol. The Morgan fingerprint density at radius 3 is 2.65 bits per heavy atom. The van der Waals surface area contributed by atoms with E-state index in [4.69, 9.17) is 0 Å². The Kier molecular flexibility index (Phi) is 3.37. The first kappa shape index (κ1) is 12.0. The van der Waals surface area contributed by atoms with Crippen molar-refractivity contribution in [3.05, 3.63) is 48.2 Å². The molecular formula is C16H21N. The summed E-state index contributed by atoms with van der Waals surface area (Å²) in [6, 6.07) is 8.68. The van der Waals surface area contributed by atoms with Gasteiger partial charge in [-0.3, -0.25) is 0 Å². The van der Waals surface area contributed by atoms with E-state index < -0.39 is 0 Å². The van der Waals surface area contributed by atoms with E-state index in [1.54, 1.807) is 0 Å². The lowest BCUT2D eigenvalue weighted by atomic mass is 10.0. The summed E-state index contributed by atoms with van der Waals surface area (Å²) in [5, 5.41) is 1.40. The average Bonchev–Trinajstić information content (AvgIpc) is 2.55. The van der Waals surface area contributed by atoms with E-state index in [1.807, 2.05) is 6.08 Å². The molecule has 1 aromatic carbocycles. The zero-order valence-corrected chi connectivity index (χ0v) is 11.0. The molecule has 0 aliphatic rings. The Bertz CT molecular complexity index is 532. The van der Waals surface area contributed by atoms with Crippen molar-refractivity contribution in [2.75, 3.05) is 0 Å². The van der Waals surface area contributed by atoms with Gasteiger partial charge in [0.1, 0.15) is 0 Å². The second kappa shape index (κ2) is 4.79. The van der Waals surface area contributed by atoms with Gasteiger partial charge < -0.3 is 4.57 Å². The molecule has 0 fully saturated rings. The summed E-state index contributed by atoms with van der Waals surface area (Å²) in [5.41, 5.74) is 4.22. The van der Waals surface area contributed by atoms with Gasteiger partial charge in [0.15, 0.2) is 0 Å². The summed E-state index contributed by atoms with van der Waals surface area (Å²) in [6.45, 7) is 11.5. The van der Waals surface area contributed by atoms with Crippen molar-refractivity contribution in [2.45, 2.75) is 33.7 Å². The molecule has 0 atom stereocenters. The number of benzene rings is 1. The number of para-hydroxylation sites is 1. The van der Waals surface area contributed by atoms with Crippen LogP contribution < -0.4 is 0 Å². The van der Waals surface area contributed by atoms with Crippen molar-refractivity contribution in [2.24, 2.45) is 5.92 Å². The Morgan fingerprint density at radius 2 is 2.00 bits per heavy atom. The van der Waals surface area contributed by atoms with Crippen LogP contribution in [0.5, 0.6) is 0 Å². The maximum Gasteiger partial charge on any atom is 0.0488 e. The van der Waals surface area contributed by atoms with E-state index in [-0.39, 0.29) is 0 Å². The van der Waals surface area contributed by atoms with E-state index in [1.165, 1.54) is 22.2 Å². The molecule has 1 heteroatoms. The third kappa shape index (κ3) is 2.14. The van der Waals surface area contributed by atoms with Crippen LogP contribution in [-0.4, -0.2) is 4.57 Å². The maximum atomic E-state index is 3.85. The number of rotatable bonds is 4. The molecule has 17 heavy (non-hydrogen) atoms. The number of hydrogen-bond acceptors (Lipinski definition) is 0. The van der Waals surface area contributed by atoms with Crippen LogP contribution in [0.4, 0.5) is 0 Å². The first-order valence-electron chi connectivity index (χ1n) is 6.32. The molecule has 0 amide bonds. The highest BCUT2D eigenvalue weighted by atomic mass is 15.0. The predicted octanol–water partition coefficient (Wildman–Crippen LogP) is 4.33. The molecule has 2 aromatic rings. The van der Waals surface area contributed by atoms with Crippen LogP contribution >= 0.6 is 0 Å². The topological polar surface area (TPSA) is 4.93 Å². The zero-order valence-electron chi connectivity index (χ0n) is 11.0. The van der Waals surface area contributed by atoms with Crippen LogP contribution in [0.2, 0.25) is 0 Å². The Labute approximate surface area is 104 Å². The lowest BCUT2D eigenvalue weighted by Gasteiger charge is -2.07. The van der Waals surface area contributed by atoms with Gasteiger partial charge in [-0.2, -0.15) is 0 Å². The lowest BCUT2D eigenvalue weighted by molar-refractivity contribution is 0.643. The molecule has 1 heterocycles. The molecule has 0 radical (unpaired) electrons. The van der Waals surface area contributed by atoms with Gasteiger partial charge in [-0.1, -0.05) is 38.1 Å². The van der Waals surface area contributed by atoms with Gasteiger partial charge in [0.2, 0.25) is 0 Å². The fraction of sp³-hybridized carbons (Fsp3) is 0.375. The maximum absolute atomic E-state index is 3.85. The molecule has 0 bridgehead atoms. The summed E-state index contributed by atoms with van der Waals surface area (Å²) < 4.78 is 2.36. The zero-order chi connectivity index (χ0) is 12.4. The van der Waals surface area contributed by atoms with Gasteiger partial charge >= 0.3 is 0 Å². The van der Waals surface area contributed by atoms with E-state index in [9.17, 15) is 0 Å². The second-order valence-electron chi connectivity index (χ2n) is 5.08.